The number of benzene rings is 1. The van der Waals surface area contributed by atoms with Gasteiger partial charge < -0.3 is 10.2 Å². The smallest absolute Gasteiger partial charge is 0.278 e. The van der Waals surface area contributed by atoms with Crippen molar-refractivity contribution in [2.24, 2.45) is 5.84 Å². The molecule has 0 atom stereocenters. The highest BCUT2D eigenvalue weighted by molar-refractivity contribution is 5.48. The van der Waals surface area contributed by atoms with Crippen molar-refractivity contribution in [2.75, 3.05) is 5.43 Å². The van der Waals surface area contributed by atoms with E-state index in [4.69, 9.17) is 10.6 Å². The molecule has 20 heavy (non-hydrogen) atoms. The maximum absolute atomic E-state index is 13.6. The molecule has 0 unspecified atom stereocenters. The molecule has 0 spiro atoms. The number of halogens is 1. The van der Waals surface area contributed by atoms with Gasteiger partial charge in [-0.3, -0.25) is 10.1 Å². The Morgan fingerprint density at radius 1 is 1.40 bits per heavy atom. The first kappa shape index (κ1) is 13.7. The number of nitrogens with zero attached hydrogens (tertiary/aromatic N) is 2. The number of pyridine rings is 1. The standard InChI is InChI=1S/C12H11FN4O3/c1-7-2-3-9(13)10(4-7)20-12-6-8(17(18)19)5-11(15-12)16-14/h2-6H,14H2,1H3,(H,15,16). The molecule has 0 fully saturated rings. The molecule has 0 aliphatic heterocycles. The molecule has 8 heteroatoms. The Bertz CT molecular complexity index is 663. The van der Waals surface area contributed by atoms with Gasteiger partial charge in [0.05, 0.1) is 17.1 Å². The van der Waals surface area contributed by atoms with Crippen LogP contribution >= 0.6 is 0 Å². The van der Waals surface area contributed by atoms with Crippen molar-refractivity contribution in [3.63, 3.8) is 0 Å². The van der Waals surface area contributed by atoms with Crippen LogP contribution < -0.4 is 16.0 Å². The Balaban J connectivity index is 2.39. The molecule has 0 bridgehead atoms. The molecule has 0 saturated heterocycles. The van der Waals surface area contributed by atoms with Gasteiger partial charge in [-0.25, -0.2) is 10.2 Å². The fraction of sp³-hybridized carbons (Fsp3) is 0.0833. The second-order valence-corrected chi connectivity index (χ2v) is 3.99. The summed E-state index contributed by atoms with van der Waals surface area (Å²) < 4.78 is 18.8. The monoisotopic (exact) mass is 278 g/mol. The number of ether oxygens (including phenoxy) is 1. The zero-order valence-corrected chi connectivity index (χ0v) is 10.5. The van der Waals surface area contributed by atoms with Crippen molar-refractivity contribution in [1.82, 2.24) is 4.98 Å². The Hall–Kier alpha value is -2.74. The molecule has 2 rings (SSSR count). The molecule has 0 aliphatic carbocycles. The maximum atomic E-state index is 13.6. The van der Waals surface area contributed by atoms with Crippen LogP contribution in [0.2, 0.25) is 0 Å². The lowest BCUT2D eigenvalue weighted by Gasteiger charge is -2.08. The predicted octanol–water partition coefficient (Wildman–Crippen LogP) is 2.52. The first-order valence-corrected chi connectivity index (χ1v) is 5.56. The SMILES string of the molecule is Cc1ccc(F)c(Oc2cc([N+](=O)[O-])cc(NN)n2)c1. The Kier molecular flexibility index (Phi) is 3.76. The molecule has 1 heterocycles. The fourth-order valence-corrected chi connectivity index (χ4v) is 1.52. The largest absolute Gasteiger partial charge is 0.436 e. The molecule has 1 aromatic heterocycles. The summed E-state index contributed by atoms with van der Waals surface area (Å²) in [6.07, 6.45) is 0. The van der Waals surface area contributed by atoms with Gasteiger partial charge >= 0.3 is 0 Å². The summed E-state index contributed by atoms with van der Waals surface area (Å²) in [5.41, 5.74) is 2.70. The first-order chi connectivity index (χ1) is 9.49. The lowest BCUT2D eigenvalue weighted by molar-refractivity contribution is -0.384. The molecule has 104 valence electrons. The van der Waals surface area contributed by atoms with Crippen LogP contribution in [-0.2, 0) is 0 Å². The number of hydrazine groups is 1. The highest BCUT2D eigenvalue weighted by Gasteiger charge is 2.14. The number of hydrogen-bond acceptors (Lipinski definition) is 6. The number of rotatable bonds is 4. The van der Waals surface area contributed by atoms with E-state index in [0.717, 1.165) is 17.7 Å². The maximum Gasteiger partial charge on any atom is 0.278 e. The van der Waals surface area contributed by atoms with Gasteiger partial charge in [0.25, 0.3) is 5.69 Å². The van der Waals surface area contributed by atoms with Gasteiger partial charge in [-0.2, -0.15) is 4.98 Å². The lowest BCUT2D eigenvalue weighted by atomic mass is 10.2. The van der Waals surface area contributed by atoms with Crippen LogP contribution in [0.4, 0.5) is 15.9 Å². The number of aromatic nitrogens is 1. The normalized spacial score (nSPS) is 10.2. The summed E-state index contributed by atoms with van der Waals surface area (Å²) in [4.78, 5) is 14.0. The van der Waals surface area contributed by atoms with Gasteiger partial charge in [-0.05, 0) is 24.6 Å². The minimum absolute atomic E-state index is 0.0438. The van der Waals surface area contributed by atoms with E-state index in [2.05, 4.69) is 10.4 Å². The van der Waals surface area contributed by atoms with Crippen molar-refractivity contribution < 1.29 is 14.1 Å². The molecule has 0 saturated carbocycles. The van der Waals surface area contributed by atoms with Gasteiger partial charge in [0.15, 0.2) is 17.4 Å². The van der Waals surface area contributed by atoms with Crippen LogP contribution in [0.3, 0.4) is 0 Å². The summed E-state index contributed by atoms with van der Waals surface area (Å²) >= 11 is 0. The summed E-state index contributed by atoms with van der Waals surface area (Å²) in [7, 11) is 0. The fourth-order valence-electron chi connectivity index (χ4n) is 1.52. The van der Waals surface area contributed by atoms with Crippen LogP contribution in [0.15, 0.2) is 30.3 Å². The third-order valence-electron chi connectivity index (χ3n) is 2.45. The molecular formula is C12H11FN4O3. The van der Waals surface area contributed by atoms with E-state index < -0.39 is 10.7 Å². The van der Waals surface area contributed by atoms with Gasteiger partial charge in [0.1, 0.15) is 0 Å². The summed E-state index contributed by atoms with van der Waals surface area (Å²) in [5, 5.41) is 10.8. The zero-order chi connectivity index (χ0) is 14.7. The van der Waals surface area contributed by atoms with Crippen LogP contribution in [-0.4, -0.2) is 9.91 Å². The lowest BCUT2D eigenvalue weighted by Crippen LogP contribution is -2.09. The number of nitrogen functional groups attached to an aromatic ring is 1. The summed E-state index contributed by atoms with van der Waals surface area (Å²) in [6.45, 7) is 1.76. The van der Waals surface area contributed by atoms with E-state index in [9.17, 15) is 14.5 Å². The quantitative estimate of drug-likeness (QED) is 0.506. The third kappa shape index (κ3) is 2.98. The van der Waals surface area contributed by atoms with Crippen molar-refractivity contribution >= 4 is 11.5 Å². The van der Waals surface area contributed by atoms with Crippen molar-refractivity contribution in [1.29, 1.82) is 0 Å². The first-order valence-electron chi connectivity index (χ1n) is 5.56. The molecule has 0 amide bonds. The number of nitrogens with one attached hydrogen (secondary N) is 1. The van der Waals surface area contributed by atoms with E-state index in [1.807, 2.05) is 0 Å². The van der Waals surface area contributed by atoms with E-state index in [-0.39, 0.29) is 23.1 Å². The molecule has 1 aromatic carbocycles. The predicted molar refractivity (Wildman–Crippen MR) is 69.9 cm³/mol. The minimum atomic E-state index is -0.623. The second kappa shape index (κ2) is 5.49. The second-order valence-electron chi connectivity index (χ2n) is 3.99. The van der Waals surface area contributed by atoms with Crippen LogP contribution in [0.5, 0.6) is 11.6 Å². The van der Waals surface area contributed by atoms with Crippen LogP contribution in [0, 0.1) is 22.9 Å². The van der Waals surface area contributed by atoms with Crippen molar-refractivity contribution in [3.05, 3.63) is 51.8 Å². The van der Waals surface area contributed by atoms with Crippen molar-refractivity contribution in [3.8, 4) is 11.6 Å². The number of aryl methyl sites for hydroxylation is 1. The van der Waals surface area contributed by atoms with Gasteiger partial charge in [-0.1, -0.05) is 6.07 Å². The number of anilines is 1. The molecule has 0 aliphatic rings. The Labute approximate surface area is 113 Å². The average Bonchev–Trinajstić information content (AvgIpc) is 2.42. The third-order valence-corrected chi connectivity index (χ3v) is 2.45. The topological polar surface area (TPSA) is 103 Å². The number of nitrogens with two attached hydrogens (primary N) is 1. The van der Waals surface area contributed by atoms with E-state index in [0.29, 0.717) is 0 Å². The molecule has 3 N–H and O–H groups in total. The Morgan fingerprint density at radius 2 is 2.15 bits per heavy atom. The van der Waals surface area contributed by atoms with E-state index >= 15 is 0 Å². The van der Waals surface area contributed by atoms with Gasteiger partial charge in [0.2, 0.25) is 5.88 Å². The average molecular weight is 278 g/mol. The number of hydrogen-bond donors (Lipinski definition) is 2. The Morgan fingerprint density at radius 3 is 2.80 bits per heavy atom. The zero-order valence-electron chi connectivity index (χ0n) is 10.5. The van der Waals surface area contributed by atoms with Crippen molar-refractivity contribution in [2.45, 2.75) is 6.92 Å². The van der Waals surface area contributed by atoms with Crippen LogP contribution in [0.1, 0.15) is 5.56 Å². The molecule has 2 aromatic rings. The molecule has 0 radical (unpaired) electrons. The summed E-state index contributed by atoms with van der Waals surface area (Å²) in [6, 6.07) is 6.51. The van der Waals surface area contributed by atoms with Gasteiger partial charge in [0, 0.05) is 0 Å². The van der Waals surface area contributed by atoms with E-state index in [1.54, 1.807) is 13.0 Å². The summed E-state index contributed by atoms with van der Waals surface area (Å²) in [5.74, 6) is 4.43. The highest BCUT2D eigenvalue weighted by atomic mass is 19.1. The highest BCUT2D eigenvalue weighted by Crippen LogP contribution is 2.28. The number of nitro groups is 1. The van der Waals surface area contributed by atoms with Gasteiger partial charge in [-0.15, -0.1) is 0 Å². The minimum Gasteiger partial charge on any atom is -0.436 e. The van der Waals surface area contributed by atoms with E-state index in [1.165, 1.54) is 12.1 Å². The van der Waals surface area contributed by atoms with Crippen LogP contribution in [0.25, 0.3) is 0 Å². The molecule has 7 nitrogen and oxygen atoms in total. The molecular weight excluding hydrogens is 267 g/mol.